The van der Waals surface area contributed by atoms with Gasteiger partial charge in [-0.3, -0.25) is 4.79 Å². The van der Waals surface area contributed by atoms with Gasteiger partial charge in [-0.05, 0) is 36.1 Å². The first-order valence-corrected chi connectivity index (χ1v) is 10.8. The Labute approximate surface area is 181 Å². The lowest BCUT2D eigenvalue weighted by molar-refractivity contribution is -0.116. The van der Waals surface area contributed by atoms with Crippen molar-refractivity contribution in [1.82, 2.24) is 4.98 Å². The Kier molecular flexibility index (Phi) is 4.17. The summed E-state index contributed by atoms with van der Waals surface area (Å²) < 4.78 is 0. The molecule has 3 N–H and O–H groups in total. The van der Waals surface area contributed by atoms with Crippen molar-refractivity contribution in [2.75, 3.05) is 10.6 Å². The van der Waals surface area contributed by atoms with Crippen molar-refractivity contribution in [3.05, 3.63) is 107 Å². The number of hydrogen-bond acceptors (Lipinski definition) is 3. The van der Waals surface area contributed by atoms with Gasteiger partial charge in [-0.25, -0.2) is 0 Å². The third-order valence-corrected chi connectivity index (χ3v) is 6.51. The molecule has 152 valence electrons. The van der Waals surface area contributed by atoms with Gasteiger partial charge in [0.2, 0.25) is 0 Å². The predicted molar refractivity (Wildman–Crippen MR) is 125 cm³/mol. The fraction of sp³-hybridized carbons (Fsp3) is 0.148. The van der Waals surface area contributed by atoms with Crippen molar-refractivity contribution in [3.63, 3.8) is 0 Å². The normalized spacial score (nSPS) is 20.5. The van der Waals surface area contributed by atoms with E-state index in [0.29, 0.717) is 6.42 Å². The number of carbonyl (C=O) groups excluding carboxylic acids is 1. The van der Waals surface area contributed by atoms with Crippen LogP contribution in [0.1, 0.15) is 35.9 Å². The number of H-pyrrole nitrogens is 1. The summed E-state index contributed by atoms with van der Waals surface area (Å²) in [4.78, 5) is 17.0. The fourth-order valence-electron chi connectivity index (χ4n) is 5.02. The van der Waals surface area contributed by atoms with Crippen molar-refractivity contribution in [2.45, 2.75) is 24.8 Å². The predicted octanol–water partition coefficient (Wildman–Crippen LogP) is 6.15. The smallest absolute Gasteiger partial charge is 0.163 e. The third-order valence-electron chi connectivity index (χ3n) is 6.51. The van der Waals surface area contributed by atoms with Crippen LogP contribution in [0.25, 0.3) is 10.9 Å². The Morgan fingerprint density at radius 2 is 1.52 bits per heavy atom. The summed E-state index contributed by atoms with van der Waals surface area (Å²) in [5.74, 6) is 0.395. The monoisotopic (exact) mass is 405 g/mol. The number of ketones is 1. The van der Waals surface area contributed by atoms with Crippen LogP contribution in [-0.2, 0) is 4.79 Å². The van der Waals surface area contributed by atoms with E-state index in [1.54, 1.807) is 0 Å². The number of fused-ring (bicyclic) bond motifs is 2. The number of hydrogen-bond donors (Lipinski definition) is 3. The number of carbonyl (C=O) groups is 1. The lowest BCUT2D eigenvalue weighted by Gasteiger charge is -2.29. The topological polar surface area (TPSA) is 56.9 Å². The summed E-state index contributed by atoms with van der Waals surface area (Å²) in [6.07, 6.45) is 3.39. The van der Waals surface area contributed by atoms with Gasteiger partial charge in [0.05, 0.1) is 17.4 Å². The highest BCUT2D eigenvalue weighted by Gasteiger charge is 2.36. The van der Waals surface area contributed by atoms with E-state index >= 15 is 0 Å². The van der Waals surface area contributed by atoms with Crippen LogP contribution in [0.3, 0.4) is 0 Å². The fourth-order valence-corrected chi connectivity index (χ4v) is 5.02. The van der Waals surface area contributed by atoms with Gasteiger partial charge in [-0.2, -0.15) is 0 Å². The summed E-state index contributed by atoms with van der Waals surface area (Å²) in [5, 5.41) is 8.44. The van der Waals surface area contributed by atoms with Crippen LogP contribution in [0.5, 0.6) is 0 Å². The molecule has 4 nitrogen and oxygen atoms in total. The first-order chi connectivity index (χ1) is 15.3. The molecule has 2 heterocycles. The Morgan fingerprint density at radius 1 is 0.774 bits per heavy atom. The molecule has 1 aliphatic carbocycles. The van der Waals surface area contributed by atoms with Crippen molar-refractivity contribution < 1.29 is 4.79 Å². The molecule has 3 aromatic carbocycles. The van der Waals surface area contributed by atoms with E-state index in [-0.39, 0.29) is 17.7 Å². The minimum absolute atomic E-state index is 0.189. The van der Waals surface area contributed by atoms with Gasteiger partial charge in [0.1, 0.15) is 0 Å². The number of nitrogens with one attached hydrogen (secondary N) is 3. The number of benzene rings is 3. The highest BCUT2D eigenvalue weighted by molar-refractivity contribution is 6.02. The van der Waals surface area contributed by atoms with Gasteiger partial charge >= 0.3 is 0 Å². The molecule has 1 aromatic heterocycles. The van der Waals surface area contributed by atoms with E-state index in [2.05, 4.69) is 64.1 Å². The van der Waals surface area contributed by atoms with Crippen LogP contribution in [-0.4, -0.2) is 10.8 Å². The molecule has 0 saturated heterocycles. The maximum Gasteiger partial charge on any atom is 0.163 e. The van der Waals surface area contributed by atoms with E-state index in [4.69, 9.17) is 0 Å². The number of aromatic amines is 1. The van der Waals surface area contributed by atoms with Crippen molar-refractivity contribution >= 4 is 28.1 Å². The van der Waals surface area contributed by atoms with Crippen LogP contribution in [0, 0.1) is 0 Å². The number of para-hydroxylation sites is 3. The van der Waals surface area contributed by atoms with Gasteiger partial charge in [-0.15, -0.1) is 0 Å². The number of aromatic nitrogens is 1. The second-order valence-electron chi connectivity index (χ2n) is 8.37. The first kappa shape index (κ1) is 18.0. The standard InChI is InChI=1S/C27H23N3O/c31-25-15-18(17-8-2-1-3-9-17)14-24-26(25)27(30-23-13-7-6-12-22(23)29-24)20-16-28-21-11-5-4-10-19(20)21/h1-13,16,18,27-30H,14-15H2/t18-,27+/m0/s1. The van der Waals surface area contributed by atoms with Crippen LogP contribution < -0.4 is 10.6 Å². The zero-order valence-electron chi connectivity index (χ0n) is 17.1. The molecule has 1 aliphatic heterocycles. The summed E-state index contributed by atoms with van der Waals surface area (Å²) in [6.45, 7) is 0. The highest BCUT2D eigenvalue weighted by atomic mass is 16.1. The molecule has 4 heteroatoms. The SMILES string of the molecule is O=C1C[C@@H](c2ccccc2)CC2=C1[C@@H](c1c[nH]c3ccccc13)Nc1ccccc1N2. The summed E-state index contributed by atoms with van der Waals surface area (Å²) in [7, 11) is 0. The second-order valence-corrected chi connectivity index (χ2v) is 8.37. The average Bonchev–Trinajstić information content (AvgIpc) is 3.15. The minimum Gasteiger partial charge on any atom is -0.372 e. The molecule has 6 rings (SSSR count). The quantitative estimate of drug-likeness (QED) is 0.375. The van der Waals surface area contributed by atoms with Crippen molar-refractivity contribution in [3.8, 4) is 0 Å². The lowest BCUT2D eigenvalue weighted by Crippen LogP contribution is -2.26. The van der Waals surface area contributed by atoms with Gasteiger partial charge in [0.15, 0.2) is 5.78 Å². The molecule has 31 heavy (non-hydrogen) atoms. The van der Waals surface area contributed by atoms with Crippen molar-refractivity contribution in [1.29, 1.82) is 0 Å². The summed E-state index contributed by atoms with van der Waals surface area (Å²) in [6, 6.07) is 26.6. The number of anilines is 2. The van der Waals surface area contributed by atoms with E-state index in [0.717, 1.165) is 45.5 Å². The van der Waals surface area contributed by atoms with Gasteiger partial charge in [-0.1, -0.05) is 60.7 Å². The third kappa shape index (κ3) is 3.03. The Hall–Kier alpha value is -3.79. The molecular formula is C27H23N3O. The molecule has 2 atom stereocenters. The molecule has 2 aliphatic rings. The molecule has 0 saturated carbocycles. The van der Waals surface area contributed by atoms with E-state index < -0.39 is 0 Å². The molecule has 0 fully saturated rings. The zero-order valence-corrected chi connectivity index (χ0v) is 17.1. The van der Waals surface area contributed by atoms with Gasteiger partial charge in [0, 0.05) is 40.4 Å². The van der Waals surface area contributed by atoms with Crippen molar-refractivity contribution in [2.24, 2.45) is 0 Å². The Balaban J connectivity index is 1.51. The second kappa shape index (κ2) is 7.17. The van der Waals surface area contributed by atoms with E-state index in [1.807, 2.05) is 36.5 Å². The number of allylic oxidation sites excluding steroid dienone is 1. The van der Waals surface area contributed by atoms with Crippen LogP contribution in [0.4, 0.5) is 11.4 Å². The molecule has 0 bridgehead atoms. The van der Waals surface area contributed by atoms with E-state index in [9.17, 15) is 4.79 Å². The number of Topliss-reactive ketones (excluding diaryl/α,β-unsaturated/α-hetero) is 1. The van der Waals surface area contributed by atoms with Gasteiger partial charge in [0.25, 0.3) is 0 Å². The largest absolute Gasteiger partial charge is 0.372 e. The lowest BCUT2D eigenvalue weighted by atomic mass is 9.78. The molecule has 0 spiro atoms. The number of rotatable bonds is 2. The average molecular weight is 406 g/mol. The van der Waals surface area contributed by atoms with Crippen LogP contribution >= 0.6 is 0 Å². The molecule has 0 unspecified atom stereocenters. The molecule has 0 radical (unpaired) electrons. The minimum atomic E-state index is -0.202. The summed E-state index contributed by atoms with van der Waals surface area (Å²) >= 11 is 0. The molecule has 4 aromatic rings. The summed E-state index contributed by atoms with van der Waals surface area (Å²) in [5.41, 5.74) is 7.31. The van der Waals surface area contributed by atoms with Gasteiger partial charge < -0.3 is 15.6 Å². The zero-order chi connectivity index (χ0) is 20.8. The Bertz CT molecular complexity index is 1320. The van der Waals surface area contributed by atoms with E-state index in [1.165, 1.54) is 5.56 Å². The molecule has 0 amide bonds. The molecular weight excluding hydrogens is 382 g/mol. The maximum absolute atomic E-state index is 13.6. The maximum atomic E-state index is 13.6. The highest BCUT2D eigenvalue weighted by Crippen LogP contribution is 2.45. The Morgan fingerprint density at radius 3 is 2.39 bits per heavy atom. The van der Waals surface area contributed by atoms with Crippen LogP contribution in [0.2, 0.25) is 0 Å². The van der Waals surface area contributed by atoms with Crippen LogP contribution in [0.15, 0.2) is 96.3 Å². The first-order valence-electron chi connectivity index (χ1n) is 10.8.